The van der Waals surface area contributed by atoms with Gasteiger partial charge >= 0.3 is 0 Å². The number of benzene rings is 1. The number of hydrogen-bond acceptors (Lipinski definition) is 4. The first kappa shape index (κ1) is 15.6. The number of carbonyl (C=O) groups excluding carboxylic acids is 1. The van der Waals surface area contributed by atoms with Crippen molar-refractivity contribution in [1.82, 2.24) is 4.90 Å². The maximum absolute atomic E-state index is 12.6. The van der Waals surface area contributed by atoms with Crippen LogP contribution in [0.25, 0.3) is 0 Å². The Morgan fingerprint density at radius 3 is 2.24 bits per heavy atom. The van der Waals surface area contributed by atoms with Crippen molar-refractivity contribution in [3.63, 3.8) is 0 Å². The van der Waals surface area contributed by atoms with Gasteiger partial charge in [0.05, 0.1) is 26.4 Å². The van der Waals surface area contributed by atoms with Gasteiger partial charge in [-0.25, -0.2) is 0 Å². The quantitative estimate of drug-likeness (QED) is 0.923. The minimum Gasteiger partial charge on any atom is -0.497 e. The number of ether oxygens (including phenoxy) is 2. The molecule has 1 aromatic rings. The summed E-state index contributed by atoms with van der Waals surface area (Å²) in [6, 6.07) is 4.99. The van der Waals surface area contributed by atoms with Crippen molar-refractivity contribution in [3.8, 4) is 11.5 Å². The number of likely N-dealkylation sites (N-methyl/N-ethyl adjacent to an activating group) is 1. The summed E-state index contributed by atoms with van der Waals surface area (Å²) in [4.78, 5) is 14.3. The van der Waals surface area contributed by atoms with Crippen molar-refractivity contribution in [2.24, 2.45) is 0 Å². The molecule has 1 N–H and O–H groups in total. The van der Waals surface area contributed by atoms with Crippen LogP contribution in [0.2, 0.25) is 0 Å². The van der Waals surface area contributed by atoms with Crippen molar-refractivity contribution in [2.75, 3.05) is 21.3 Å². The fourth-order valence-corrected chi connectivity index (χ4v) is 2.83. The molecule has 1 aliphatic carbocycles. The predicted molar refractivity (Wildman–Crippen MR) is 79.9 cm³/mol. The third-order valence-electron chi connectivity index (χ3n) is 4.11. The third kappa shape index (κ3) is 3.47. The number of nitrogens with zero attached hydrogens (tertiary/aromatic N) is 1. The average molecular weight is 293 g/mol. The first-order valence-corrected chi connectivity index (χ1v) is 7.25. The lowest BCUT2D eigenvalue weighted by molar-refractivity contribution is 0.0267. The third-order valence-corrected chi connectivity index (χ3v) is 4.11. The number of hydrogen-bond donors (Lipinski definition) is 1. The fourth-order valence-electron chi connectivity index (χ4n) is 2.83. The van der Waals surface area contributed by atoms with E-state index < -0.39 is 6.10 Å². The van der Waals surface area contributed by atoms with E-state index in [1.54, 1.807) is 44.4 Å². The normalized spacial score (nSPS) is 21.7. The summed E-state index contributed by atoms with van der Waals surface area (Å²) in [6.45, 7) is 0. The van der Waals surface area contributed by atoms with Gasteiger partial charge in [0.2, 0.25) is 0 Å². The van der Waals surface area contributed by atoms with Crippen LogP contribution in [0.15, 0.2) is 18.2 Å². The molecule has 0 unspecified atom stereocenters. The molecule has 21 heavy (non-hydrogen) atoms. The molecule has 2 rings (SSSR count). The van der Waals surface area contributed by atoms with Gasteiger partial charge in [0, 0.05) is 18.7 Å². The van der Waals surface area contributed by atoms with E-state index >= 15 is 0 Å². The molecular formula is C16H23NO4. The summed E-state index contributed by atoms with van der Waals surface area (Å²) in [5.74, 6) is 1.03. The maximum Gasteiger partial charge on any atom is 0.254 e. The van der Waals surface area contributed by atoms with Crippen LogP contribution in [0.5, 0.6) is 11.5 Å². The lowest BCUT2D eigenvalue weighted by Gasteiger charge is -2.35. The molecule has 1 fully saturated rings. The number of rotatable bonds is 4. The Balaban J connectivity index is 2.22. The molecule has 5 heteroatoms. The molecule has 1 saturated carbocycles. The Hall–Kier alpha value is -1.75. The molecule has 0 aromatic heterocycles. The Kier molecular flexibility index (Phi) is 5.07. The van der Waals surface area contributed by atoms with Gasteiger partial charge in [0.25, 0.3) is 5.91 Å². The van der Waals surface area contributed by atoms with Crippen LogP contribution >= 0.6 is 0 Å². The molecular weight excluding hydrogens is 270 g/mol. The molecule has 1 amide bonds. The molecule has 0 aliphatic heterocycles. The molecule has 116 valence electrons. The first-order chi connectivity index (χ1) is 10.1. The summed E-state index contributed by atoms with van der Waals surface area (Å²) in [5, 5.41) is 10.1. The van der Waals surface area contributed by atoms with Crippen molar-refractivity contribution >= 4 is 5.91 Å². The maximum atomic E-state index is 12.6. The van der Waals surface area contributed by atoms with E-state index in [2.05, 4.69) is 0 Å². The van der Waals surface area contributed by atoms with Gasteiger partial charge in [-0.05, 0) is 25.0 Å². The second-order valence-corrected chi connectivity index (χ2v) is 5.44. The number of amides is 1. The van der Waals surface area contributed by atoms with Crippen LogP contribution in [0.1, 0.15) is 36.0 Å². The van der Waals surface area contributed by atoms with Gasteiger partial charge in [-0.3, -0.25) is 4.79 Å². The second kappa shape index (κ2) is 6.80. The van der Waals surface area contributed by atoms with Crippen molar-refractivity contribution in [3.05, 3.63) is 23.8 Å². The summed E-state index contributed by atoms with van der Waals surface area (Å²) in [6.07, 6.45) is 3.21. The van der Waals surface area contributed by atoms with Gasteiger partial charge < -0.3 is 19.5 Å². The molecule has 5 nitrogen and oxygen atoms in total. The molecule has 2 atom stereocenters. The molecule has 0 heterocycles. The molecule has 0 saturated heterocycles. The zero-order chi connectivity index (χ0) is 15.4. The zero-order valence-corrected chi connectivity index (χ0v) is 12.8. The summed E-state index contributed by atoms with van der Waals surface area (Å²) < 4.78 is 10.4. The fraction of sp³-hybridized carbons (Fsp3) is 0.562. The minimum atomic E-state index is -0.444. The molecule has 1 aromatic carbocycles. The first-order valence-electron chi connectivity index (χ1n) is 7.25. The summed E-state index contributed by atoms with van der Waals surface area (Å²) in [7, 11) is 4.85. The Bertz CT molecular complexity index is 481. The van der Waals surface area contributed by atoms with Crippen LogP contribution in [-0.2, 0) is 0 Å². The van der Waals surface area contributed by atoms with E-state index in [0.29, 0.717) is 17.1 Å². The second-order valence-electron chi connectivity index (χ2n) is 5.44. The topological polar surface area (TPSA) is 59.0 Å². The highest BCUT2D eigenvalue weighted by molar-refractivity contribution is 5.95. The number of aliphatic hydroxyl groups excluding tert-OH is 1. The average Bonchev–Trinajstić information content (AvgIpc) is 2.53. The standard InChI is InChI=1S/C16H23NO4/c1-17(14-6-4-5-7-15(14)18)16(19)11-8-12(20-2)10-13(9-11)21-3/h8-10,14-15,18H,4-7H2,1-3H3/t14-,15+/m1/s1. The number of aliphatic hydroxyl groups is 1. The van der Waals surface area contributed by atoms with E-state index in [4.69, 9.17) is 9.47 Å². The predicted octanol–water partition coefficient (Wildman–Crippen LogP) is 2.08. The monoisotopic (exact) mass is 293 g/mol. The highest BCUT2D eigenvalue weighted by Gasteiger charge is 2.30. The Morgan fingerprint density at radius 2 is 1.71 bits per heavy atom. The van der Waals surface area contributed by atoms with Crippen LogP contribution in [0.3, 0.4) is 0 Å². The van der Waals surface area contributed by atoms with Crippen LogP contribution < -0.4 is 9.47 Å². The number of methoxy groups -OCH3 is 2. The highest BCUT2D eigenvalue weighted by atomic mass is 16.5. The van der Waals surface area contributed by atoms with Gasteiger partial charge in [-0.1, -0.05) is 12.8 Å². The summed E-state index contributed by atoms with van der Waals surface area (Å²) >= 11 is 0. The van der Waals surface area contributed by atoms with Crippen LogP contribution in [-0.4, -0.2) is 49.3 Å². The smallest absolute Gasteiger partial charge is 0.254 e. The Morgan fingerprint density at radius 1 is 1.14 bits per heavy atom. The summed E-state index contributed by atoms with van der Waals surface area (Å²) in [5.41, 5.74) is 0.506. The highest BCUT2D eigenvalue weighted by Crippen LogP contribution is 2.26. The van der Waals surface area contributed by atoms with Crippen molar-refractivity contribution < 1.29 is 19.4 Å². The molecule has 0 radical (unpaired) electrons. The SMILES string of the molecule is COc1cc(OC)cc(C(=O)N(C)[C@@H]2CCCC[C@@H]2O)c1. The van der Waals surface area contributed by atoms with Gasteiger partial charge in [0.1, 0.15) is 11.5 Å². The van der Waals surface area contributed by atoms with Crippen LogP contribution in [0, 0.1) is 0 Å². The van der Waals surface area contributed by atoms with E-state index in [1.807, 2.05) is 0 Å². The Labute approximate surface area is 125 Å². The van der Waals surface area contributed by atoms with E-state index in [1.165, 1.54) is 0 Å². The number of carbonyl (C=O) groups is 1. The molecule has 0 spiro atoms. The lowest BCUT2D eigenvalue weighted by atomic mass is 9.91. The lowest BCUT2D eigenvalue weighted by Crippen LogP contribution is -2.46. The van der Waals surface area contributed by atoms with Gasteiger partial charge in [-0.15, -0.1) is 0 Å². The van der Waals surface area contributed by atoms with E-state index in [0.717, 1.165) is 25.7 Å². The van der Waals surface area contributed by atoms with Gasteiger partial charge in [-0.2, -0.15) is 0 Å². The van der Waals surface area contributed by atoms with Gasteiger partial charge in [0.15, 0.2) is 0 Å². The largest absolute Gasteiger partial charge is 0.497 e. The van der Waals surface area contributed by atoms with E-state index in [9.17, 15) is 9.90 Å². The minimum absolute atomic E-state index is 0.122. The zero-order valence-electron chi connectivity index (χ0n) is 12.8. The van der Waals surface area contributed by atoms with Crippen molar-refractivity contribution in [1.29, 1.82) is 0 Å². The van der Waals surface area contributed by atoms with Crippen LogP contribution in [0.4, 0.5) is 0 Å². The molecule has 1 aliphatic rings. The van der Waals surface area contributed by atoms with E-state index in [-0.39, 0.29) is 11.9 Å². The molecule has 0 bridgehead atoms. The van der Waals surface area contributed by atoms with Crippen molar-refractivity contribution in [2.45, 2.75) is 37.8 Å².